The van der Waals surface area contributed by atoms with Crippen LogP contribution in [-0.2, 0) is 9.47 Å². The van der Waals surface area contributed by atoms with Crippen molar-refractivity contribution in [2.45, 2.75) is 0 Å². The lowest BCUT2D eigenvalue weighted by Crippen LogP contribution is -2.37. The molecule has 2 aromatic carbocycles. The second kappa shape index (κ2) is 8.49. The number of nitro benzene ring substituents is 1. The summed E-state index contributed by atoms with van der Waals surface area (Å²) in [7, 11) is 1.27. The number of methoxy groups -OCH3 is 1. The number of benzene rings is 2. The van der Waals surface area contributed by atoms with Gasteiger partial charge in [-0.2, -0.15) is 0 Å². The highest BCUT2D eigenvalue weighted by Gasteiger charge is 2.23. The van der Waals surface area contributed by atoms with Crippen LogP contribution in [0, 0.1) is 10.1 Å². The third-order valence-electron chi connectivity index (χ3n) is 4.25. The number of esters is 2. The minimum absolute atomic E-state index is 0.0909. The largest absolute Gasteiger partial charge is 0.465 e. The molecule has 0 unspecified atom stereocenters. The van der Waals surface area contributed by atoms with Crippen LogP contribution in [0.15, 0.2) is 42.5 Å². The van der Waals surface area contributed by atoms with Gasteiger partial charge in [0.25, 0.3) is 5.69 Å². The molecule has 0 saturated carbocycles. The van der Waals surface area contributed by atoms with E-state index in [0.29, 0.717) is 37.6 Å². The molecule has 3 rings (SSSR count). The third-order valence-corrected chi connectivity index (χ3v) is 4.25. The fraction of sp³-hybridized carbons (Fsp3) is 0.263. The molecule has 1 heterocycles. The Morgan fingerprint density at radius 2 is 1.75 bits per heavy atom. The molecule has 9 heteroatoms. The number of nitrogens with zero attached hydrogens (tertiary/aromatic N) is 2. The zero-order chi connectivity index (χ0) is 20.1. The van der Waals surface area contributed by atoms with Crippen LogP contribution >= 0.6 is 0 Å². The number of hydrogen-bond acceptors (Lipinski definition) is 8. The molecule has 0 spiro atoms. The Balaban J connectivity index is 1.87. The number of nitro groups is 1. The van der Waals surface area contributed by atoms with Crippen molar-refractivity contribution < 1.29 is 28.7 Å². The van der Waals surface area contributed by atoms with Gasteiger partial charge in [-0.05, 0) is 30.3 Å². The van der Waals surface area contributed by atoms with Crippen LogP contribution in [0.3, 0.4) is 0 Å². The lowest BCUT2D eigenvalue weighted by Gasteiger charge is -2.30. The summed E-state index contributed by atoms with van der Waals surface area (Å²) in [5, 5.41) is 11.1. The molecule has 0 aliphatic carbocycles. The molecule has 9 nitrogen and oxygen atoms in total. The van der Waals surface area contributed by atoms with Crippen molar-refractivity contribution in [3.05, 3.63) is 63.7 Å². The van der Waals surface area contributed by atoms with E-state index in [1.165, 1.54) is 43.5 Å². The number of carbonyl (C=O) groups is 2. The summed E-state index contributed by atoms with van der Waals surface area (Å²) < 4.78 is 15.3. The quantitative estimate of drug-likeness (QED) is 0.334. The number of hydrogen-bond donors (Lipinski definition) is 0. The molecule has 0 aromatic heterocycles. The maximum atomic E-state index is 12.7. The highest BCUT2D eigenvalue weighted by molar-refractivity contribution is 5.98. The summed E-state index contributed by atoms with van der Waals surface area (Å²) in [6, 6.07) is 9.93. The number of carbonyl (C=O) groups excluding carboxylic acids is 2. The van der Waals surface area contributed by atoms with Gasteiger partial charge in [-0.25, -0.2) is 9.59 Å². The Morgan fingerprint density at radius 3 is 2.36 bits per heavy atom. The van der Waals surface area contributed by atoms with E-state index in [-0.39, 0.29) is 17.0 Å². The van der Waals surface area contributed by atoms with Crippen LogP contribution < -0.4 is 9.64 Å². The second-order valence-electron chi connectivity index (χ2n) is 5.96. The lowest BCUT2D eigenvalue weighted by molar-refractivity contribution is -0.384. The van der Waals surface area contributed by atoms with E-state index in [1.54, 1.807) is 6.07 Å². The first kappa shape index (κ1) is 19.3. The van der Waals surface area contributed by atoms with Crippen LogP contribution in [0.25, 0.3) is 0 Å². The van der Waals surface area contributed by atoms with Gasteiger partial charge in [0.1, 0.15) is 5.75 Å². The van der Waals surface area contributed by atoms with Crippen molar-refractivity contribution >= 4 is 23.3 Å². The Morgan fingerprint density at radius 1 is 1.07 bits per heavy atom. The maximum absolute atomic E-state index is 12.7. The first-order valence-electron chi connectivity index (χ1n) is 8.51. The van der Waals surface area contributed by atoms with Crippen molar-refractivity contribution in [1.82, 2.24) is 0 Å². The molecule has 1 fully saturated rings. The summed E-state index contributed by atoms with van der Waals surface area (Å²) >= 11 is 0. The SMILES string of the molecule is COC(=O)c1ccc(OC(=O)c2cc([N+](=O)[O-])ccc2N2CCOCC2)cc1. The summed E-state index contributed by atoms with van der Waals surface area (Å²) in [5.74, 6) is -1.03. The predicted octanol–water partition coefficient (Wildman–Crippen LogP) is 2.44. The van der Waals surface area contributed by atoms with E-state index in [1.807, 2.05) is 4.90 Å². The molecule has 1 aliphatic heterocycles. The van der Waals surface area contributed by atoms with E-state index in [0.717, 1.165) is 0 Å². The van der Waals surface area contributed by atoms with Crippen molar-refractivity contribution in [3.63, 3.8) is 0 Å². The van der Waals surface area contributed by atoms with Gasteiger partial charge in [0.05, 0.1) is 42.1 Å². The topological polar surface area (TPSA) is 108 Å². The Bertz CT molecular complexity index is 890. The van der Waals surface area contributed by atoms with Crippen molar-refractivity contribution in [1.29, 1.82) is 0 Å². The number of rotatable bonds is 5. The van der Waals surface area contributed by atoms with Crippen LogP contribution in [0.1, 0.15) is 20.7 Å². The molecule has 1 saturated heterocycles. The van der Waals surface area contributed by atoms with Crippen LogP contribution in [0.4, 0.5) is 11.4 Å². The Hall–Kier alpha value is -3.46. The number of non-ortho nitro benzene ring substituents is 1. The Labute approximate surface area is 160 Å². The van der Waals surface area contributed by atoms with Gasteiger partial charge in [-0.3, -0.25) is 10.1 Å². The molecule has 0 radical (unpaired) electrons. The van der Waals surface area contributed by atoms with E-state index >= 15 is 0 Å². The zero-order valence-corrected chi connectivity index (χ0v) is 15.1. The zero-order valence-electron chi connectivity index (χ0n) is 15.1. The van der Waals surface area contributed by atoms with Gasteiger partial charge in [0.15, 0.2) is 0 Å². The van der Waals surface area contributed by atoms with E-state index in [9.17, 15) is 19.7 Å². The van der Waals surface area contributed by atoms with Gasteiger partial charge in [-0.15, -0.1) is 0 Å². The van der Waals surface area contributed by atoms with Gasteiger partial charge in [-0.1, -0.05) is 0 Å². The highest BCUT2D eigenvalue weighted by atomic mass is 16.6. The summed E-state index contributed by atoms with van der Waals surface area (Å²) in [4.78, 5) is 36.7. The van der Waals surface area contributed by atoms with Crippen LogP contribution in [-0.4, -0.2) is 50.3 Å². The maximum Gasteiger partial charge on any atom is 0.345 e. The van der Waals surface area contributed by atoms with Crippen molar-refractivity contribution in [2.75, 3.05) is 38.3 Å². The molecule has 0 atom stereocenters. The van der Waals surface area contributed by atoms with Gasteiger partial charge in [0.2, 0.25) is 0 Å². The smallest absolute Gasteiger partial charge is 0.345 e. The average molecular weight is 386 g/mol. The van der Waals surface area contributed by atoms with Gasteiger partial charge in [0, 0.05) is 25.2 Å². The molecule has 0 N–H and O–H groups in total. The van der Waals surface area contributed by atoms with Crippen molar-refractivity contribution in [3.8, 4) is 5.75 Å². The van der Waals surface area contributed by atoms with Crippen molar-refractivity contribution in [2.24, 2.45) is 0 Å². The third kappa shape index (κ3) is 4.26. The second-order valence-corrected chi connectivity index (χ2v) is 5.96. The number of ether oxygens (including phenoxy) is 3. The number of morpholine rings is 1. The van der Waals surface area contributed by atoms with Crippen LogP contribution in [0.2, 0.25) is 0 Å². The molecule has 146 valence electrons. The molecule has 0 amide bonds. The molecule has 0 bridgehead atoms. The first-order valence-corrected chi connectivity index (χ1v) is 8.51. The predicted molar refractivity (Wildman–Crippen MR) is 98.9 cm³/mol. The van der Waals surface area contributed by atoms with E-state index < -0.39 is 16.9 Å². The number of anilines is 1. The van der Waals surface area contributed by atoms with E-state index in [4.69, 9.17) is 9.47 Å². The van der Waals surface area contributed by atoms with Gasteiger partial charge < -0.3 is 19.1 Å². The molecular weight excluding hydrogens is 368 g/mol. The lowest BCUT2D eigenvalue weighted by atomic mass is 10.1. The van der Waals surface area contributed by atoms with Crippen LogP contribution in [0.5, 0.6) is 5.75 Å². The monoisotopic (exact) mass is 386 g/mol. The van der Waals surface area contributed by atoms with Gasteiger partial charge >= 0.3 is 11.9 Å². The summed E-state index contributed by atoms with van der Waals surface area (Å²) in [5.41, 5.74) is 0.745. The fourth-order valence-corrected chi connectivity index (χ4v) is 2.82. The minimum atomic E-state index is -0.726. The Kier molecular flexibility index (Phi) is 5.85. The summed E-state index contributed by atoms with van der Waals surface area (Å²) in [6.45, 7) is 2.12. The fourth-order valence-electron chi connectivity index (χ4n) is 2.82. The average Bonchev–Trinajstić information content (AvgIpc) is 2.73. The standard InChI is InChI=1S/C19H18N2O7/c1-26-18(22)13-2-5-15(6-3-13)28-19(23)16-12-14(21(24)25)4-7-17(16)20-8-10-27-11-9-20/h2-7,12H,8-11H2,1H3. The minimum Gasteiger partial charge on any atom is -0.465 e. The highest BCUT2D eigenvalue weighted by Crippen LogP contribution is 2.28. The molecule has 28 heavy (non-hydrogen) atoms. The molecule has 1 aliphatic rings. The van der Waals surface area contributed by atoms with E-state index in [2.05, 4.69) is 4.74 Å². The first-order chi connectivity index (χ1) is 13.5. The summed E-state index contributed by atoms with van der Waals surface area (Å²) in [6.07, 6.45) is 0. The normalized spacial score (nSPS) is 13.7. The molecule has 2 aromatic rings. The molecular formula is C19H18N2O7.